The number of anilines is 1. The monoisotopic (exact) mass is 219 g/mol. The normalized spacial score (nSPS) is 9.50. The minimum atomic E-state index is 0.733. The predicted molar refractivity (Wildman–Crippen MR) is 48.7 cm³/mol. The molecule has 0 aliphatic rings. The molecule has 1 aromatic rings. The molecule has 0 bridgehead atoms. The van der Waals surface area contributed by atoms with E-state index < -0.39 is 0 Å². The van der Waals surface area contributed by atoms with Crippen molar-refractivity contribution in [2.75, 3.05) is 12.4 Å². The van der Waals surface area contributed by atoms with Crippen LogP contribution in [0.25, 0.3) is 0 Å². The molecular formula is C7H7BrClN. The van der Waals surface area contributed by atoms with E-state index in [9.17, 15) is 0 Å². The number of hydrogen-bond acceptors (Lipinski definition) is 1. The van der Waals surface area contributed by atoms with Crippen molar-refractivity contribution in [2.45, 2.75) is 0 Å². The van der Waals surface area contributed by atoms with Crippen LogP contribution in [0.4, 0.5) is 5.69 Å². The first-order valence-corrected chi connectivity index (χ1v) is 4.04. The van der Waals surface area contributed by atoms with Crippen molar-refractivity contribution in [3.63, 3.8) is 0 Å². The van der Waals surface area contributed by atoms with Crippen LogP contribution in [0.1, 0.15) is 0 Å². The molecule has 10 heavy (non-hydrogen) atoms. The highest BCUT2D eigenvalue weighted by molar-refractivity contribution is 9.10. The van der Waals surface area contributed by atoms with Gasteiger partial charge in [0.05, 0.1) is 10.7 Å². The van der Waals surface area contributed by atoms with Gasteiger partial charge in [0.15, 0.2) is 0 Å². The van der Waals surface area contributed by atoms with E-state index in [0.717, 1.165) is 15.2 Å². The second kappa shape index (κ2) is 3.26. The standard InChI is InChI=1S/C7H7BrClN/c1-10-7-5(8)3-2-4-6(7)9/h2-4,10H,1H3. The second-order valence-corrected chi connectivity index (χ2v) is 3.11. The van der Waals surface area contributed by atoms with Gasteiger partial charge in [-0.25, -0.2) is 0 Å². The van der Waals surface area contributed by atoms with Crippen LogP contribution in [0.15, 0.2) is 22.7 Å². The van der Waals surface area contributed by atoms with Gasteiger partial charge in [-0.1, -0.05) is 17.7 Å². The maximum absolute atomic E-state index is 5.84. The first-order chi connectivity index (χ1) is 4.75. The Kier molecular flexibility index (Phi) is 2.57. The summed E-state index contributed by atoms with van der Waals surface area (Å²) in [5.74, 6) is 0. The Labute approximate surface area is 73.5 Å². The molecule has 0 spiro atoms. The van der Waals surface area contributed by atoms with Crippen LogP contribution in [0.5, 0.6) is 0 Å². The Hall–Kier alpha value is -0.210. The Balaban J connectivity index is 3.17. The van der Waals surface area contributed by atoms with Crippen molar-refractivity contribution in [1.29, 1.82) is 0 Å². The molecule has 0 saturated heterocycles. The lowest BCUT2D eigenvalue weighted by atomic mass is 10.3. The lowest BCUT2D eigenvalue weighted by molar-refractivity contribution is 1.49. The SMILES string of the molecule is CNc1c(Cl)cccc1Br. The molecule has 0 amide bonds. The van der Waals surface area contributed by atoms with E-state index in [4.69, 9.17) is 11.6 Å². The molecule has 0 aliphatic carbocycles. The highest BCUT2D eigenvalue weighted by atomic mass is 79.9. The van der Waals surface area contributed by atoms with E-state index in [0.29, 0.717) is 0 Å². The molecule has 0 fully saturated rings. The minimum Gasteiger partial charge on any atom is -0.386 e. The molecule has 0 aromatic heterocycles. The third-order valence-corrected chi connectivity index (χ3v) is 2.19. The number of halogens is 2. The quantitative estimate of drug-likeness (QED) is 0.767. The summed E-state index contributed by atoms with van der Waals surface area (Å²) in [4.78, 5) is 0. The zero-order valence-electron chi connectivity index (χ0n) is 5.49. The fraction of sp³-hybridized carbons (Fsp3) is 0.143. The molecule has 0 aliphatic heterocycles. The number of nitrogens with one attached hydrogen (secondary N) is 1. The van der Waals surface area contributed by atoms with Crippen molar-refractivity contribution >= 4 is 33.2 Å². The molecule has 0 unspecified atom stereocenters. The van der Waals surface area contributed by atoms with Crippen LogP contribution < -0.4 is 5.32 Å². The van der Waals surface area contributed by atoms with Gasteiger partial charge in [0.1, 0.15) is 0 Å². The van der Waals surface area contributed by atoms with E-state index >= 15 is 0 Å². The van der Waals surface area contributed by atoms with E-state index in [2.05, 4.69) is 21.2 Å². The van der Waals surface area contributed by atoms with Crippen LogP contribution in [0.3, 0.4) is 0 Å². The largest absolute Gasteiger partial charge is 0.386 e. The van der Waals surface area contributed by atoms with Gasteiger partial charge in [-0.3, -0.25) is 0 Å². The van der Waals surface area contributed by atoms with Crippen LogP contribution in [0, 0.1) is 0 Å². The van der Waals surface area contributed by atoms with Gasteiger partial charge < -0.3 is 5.32 Å². The van der Waals surface area contributed by atoms with Gasteiger partial charge in [0.25, 0.3) is 0 Å². The zero-order valence-corrected chi connectivity index (χ0v) is 7.83. The van der Waals surface area contributed by atoms with Crippen molar-refractivity contribution in [1.82, 2.24) is 0 Å². The summed E-state index contributed by atoms with van der Waals surface area (Å²) < 4.78 is 0.988. The lowest BCUT2D eigenvalue weighted by Gasteiger charge is -2.03. The third kappa shape index (κ3) is 1.44. The Morgan fingerprint density at radius 2 is 2.20 bits per heavy atom. The first-order valence-electron chi connectivity index (χ1n) is 2.87. The second-order valence-electron chi connectivity index (χ2n) is 1.85. The molecule has 1 rings (SSSR count). The molecular weight excluding hydrogens is 213 g/mol. The van der Waals surface area contributed by atoms with Crippen LogP contribution >= 0.6 is 27.5 Å². The molecule has 0 saturated carbocycles. The summed E-state index contributed by atoms with van der Waals surface area (Å²) in [7, 11) is 1.84. The summed E-state index contributed by atoms with van der Waals surface area (Å²) in [5, 5.41) is 3.72. The van der Waals surface area contributed by atoms with Crippen molar-refractivity contribution in [3.8, 4) is 0 Å². The summed E-state index contributed by atoms with van der Waals surface area (Å²) >= 11 is 9.20. The lowest BCUT2D eigenvalue weighted by Crippen LogP contribution is -1.89. The van der Waals surface area contributed by atoms with Gasteiger partial charge in [-0.2, -0.15) is 0 Å². The number of para-hydroxylation sites is 1. The van der Waals surface area contributed by atoms with Gasteiger partial charge in [0, 0.05) is 11.5 Å². The van der Waals surface area contributed by atoms with Gasteiger partial charge in [-0.05, 0) is 28.1 Å². The smallest absolute Gasteiger partial charge is 0.0671 e. The van der Waals surface area contributed by atoms with Crippen molar-refractivity contribution < 1.29 is 0 Å². The van der Waals surface area contributed by atoms with Crippen LogP contribution in [-0.2, 0) is 0 Å². The molecule has 0 atom stereocenters. The number of hydrogen-bond donors (Lipinski definition) is 1. The maximum Gasteiger partial charge on any atom is 0.0671 e. The third-order valence-electron chi connectivity index (χ3n) is 1.21. The highest BCUT2D eigenvalue weighted by Gasteiger charge is 1.99. The summed E-state index contributed by atoms with van der Waals surface area (Å²) in [6, 6.07) is 5.68. The summed E-state index contributed by atoms with van der Waals surface area (Å²) in [6.45, 7) is 0. The Bertz CT molecular complexity index is 217. The first kappa shape index (κ1) is 7.89. The molecule has 0 heterocycles. The van der Waals surface area contributed by atoms with Crippen LogP contribution in [-0.4, -0.2) is 7.05 Å². The van der Waals surface area contributed by atoms with Gasteiger partial charge in [0.2, 0.25) is 0 Å². The molecule has 3 heteroatoms. The van der Waals surface area contributed by atoms with Gasteiger partial charge in [-0.15, -0.1) is 0 Å². The molecule has 1 nitrogen and oxygen atoms in total. The van der Waals surface area contributed by atoms with E-state index in [-0.39, 0.29) is 0 Å². The van der Waals surface area contributed by atoms with E-state index in [1.54, 1.807) is 0 Å². The fourth-order valence-corrected chi connectivity index (χ4v) is 1.68. The van der Waals surface area contributed by atoms with Crippen molar-refractivity contribution in [3.05, 3.63) is 27.7 Å². The predicted octanol–water partition coefficient (Wildman–Crippen LogP) is 3.14. The molecule has 1 N–H and O–H groups in total. The highest BCUT2D eigenvalue weighted by Crippen LogP contribution is 2.29. The maximum atomic E-state index is 5.84. The summed E-state index contributed by atoms with van der Waals surface area (Å²) in [6.07, 6.45) is 0. The van der Waals surface area contributed by atoms with Crippen molar-refractivity contribution in [2.24, 2.45) is 0 Å². The average molecular weight is 220 g/mol. The Morgan fingerprint density at radius 1 is 1.50 bits per heavy atom. The minimum absolute atomic E-state index is 0.733. The van der Waals surface area contributed by atoms with Gasteiger partial charge >= 0.3 is 0 Å². The topological polar surface area (TPSA) is 12.0 Å². The molecule has 0 radical (unpaired) electrons. The fourth-order valence-electron chi connectivity index (χ4n) is 0.737. The number of rotatable bonds is 1. The zero-order chi connectivity index (χ0) is 7.56. The number of benzene rings is 1. The summed E-state index contributed by atoms with van der Waals surface area (Å²) in [5.41, 5.74) is 0.934. The average Bonchev–Trinajstić information content (AvgIpc) is 1.88. The Morgan fingerprint density at radius 3 is 2.60 bits per heavy atom. The molecule has 54 valence electrons. The van der Waals surface area contributed by atoms with E-state index in [1.807, 2.05) is 25.2 Å². The molecule has 1 aromatic carbocycles. The van der Waals surface area contributed by atoms with Crippen LogP contribution in [0.2, 0.25) is 5.02 Å². The van der Waals surface area contributed by atoms with E-state index in [1.165, 1.54) is 0 Å².